The molecular formula is C12H24O2Si. The molecule has 1 fully saturated rings. The van der Waals surface area contributed by atoms with Gasteiger partial charge in [0.05, 0.1) is 6.10 Å². The maximum absolute atomic E-state index is 10.2. The molecule has 3 atom stereocenters. The minimum atomic E-state index is -1.18. The highest BCUT2D eigenvalue weighted by molar-refractivity contribution is 6.76. The van der Waals surface area contributed by atoms with Crippen molar-refractivity contribution < 1.29 is 9.84 Å². The molecule has 1 heterocycles. The lowest BCUT2D eigenvalue weighted by molar-refractivity contribution is 0.114. The molecule has 88 valence electrons. The molecule has 3 heteroatoms. The summed E-state index contributed by atoms with van der Waals surface area (Å²) >= 11 is 0. The quantitative estimate of drug-likeness (QED) is 0.446. The number of epoxide rings is 1. The van der Waals surface area contributed by atoms with Gasteiger partial charge in [-0.15, -0.1) is 0 Å². The van der Waals surface area contributed by atoms with Gasteiger partial charge < -0.3 is 9.84 Å². The van der Waals surface area contributed by atoms with E-state index in [2.05, 4.69) is 33.1 Å². The average molecular weight is 228 g/mol. The summed E-state index contributed by atoms with van der Waals surface area (Å²) in [5.74, 6) is 0. The Morgan fingerprint density at radius 3 is 2.40 bits per heavy atom. The minimum absolute atomic E-state index is 0.214. The lowest BCUT2D eigenvalue weighted by atomic mass is 9.94. The van der Waals surface area contributed by atoms with Crippen LogP contribution in [0.3, 0.4) is 0 Å². The standard InChI is InChI=1S/C12H24O2Si/c1-7-10-12(3,14-10)11(13)9(2)8-15(4,5)6/h10-11,13H,2,7-8H2,1,3-6H3/t10-,11-,12+/m0/s1. The van der Waals surface area contributed by atoms with E-state index in [4.69, 9.17) is 4.74 Å². The fraction of sp³-hybridized carbons (Fsp3) is 0.833. The van der Waals surface area contributed by atoms with Crippen LogP contribution in [0.15, 0.2) is 12.2 Å². The second-order valence-electron chi connectivity index (χ2n) is 6.00. The van der Waals surface area contributed by atoms with Crippen LogP contribution in [0.1, 0.15) is 20.3 Å². The van der Waals surface area contributed by atoms with E-state index in [-0.39, 0.29) is 11.7 Å². The molecule has 1 aliphatic rings. The summed E-state index contributed by atoms with van der Waals surface area (Å²) in [6.45, 7) is 15.0. The summed E-state index contributed by atoms with van der Waals surface area (Å²) in [7, 11) is -1.18. The van der Waals surface area contributed by atoms with Gasteiger partial charge in [0.15, 0.2) is 0 Å². The molecule has 0 amide bonds. The van der Waals surface area contributed by atoms with Crippen LogP contribution < -0.4 is 0 Å². The van der Waals surface area contributed by atoms with Crippen molar-refractivity contribution in [1.29, 1.82) is 0 Å². The molecule has 0 aliphatic carbocycles. The van der Waals surface area contributed by atoms with E-state index in [1.54, 1.807) is 0 Å². The predicted octanol–water partition coefficient (Wildman–Crippen LogP) is 2.81. The largest absolute Gasteiger partial charge is 0.386 e. The summed E-state index contributed by atoms with van der Waals surface area (Å²) in [6, 6.07) is 0.976. The van der Waals surface area contributed by atoms with Crippen molar-refractivity contribution in [3.63, 3.8) is 0 Å². The maximum Gasteiger partial charge on any atom is 0.121 e. The molecule has 1 saturated heterocycles. The smallest absolute Gasteiger partial charge is 0.121 e. The Kier molecular flexibility index (Phi) is 3.48. The number of rotatable bonds is 5. The normalized spacial score (nSPS) is 32.5. The monoisotopic (exact) mass is 228 g/mol. The van der Waals surface area contributed by atoms with Crippen LogP contribution in [-0.4, -0.2) is 31.0 Å². The van der Waals surface area contributed by atoms with Gasteiger partial charge in [-0.3, -0.25) is 0 Å². The zero-order valence-electron chi connectivity index (χ0n) is 10.6. The van der Waals surface area contributed by atoms with Crippen LogP contribution in [0.2, 0.25) is 25.7 Å². The van der Waals surface area contributed by atoms with Gasteiger partial charge in [-0.25, -0.2) is 0 Å². The van der Waals surface area contributed by atoms with E-state index in [1.165, 1.54) is 0 Å². The zero-order chi connectivity index (χ0) is 11.9. The molecule has 1 rings (SSSR count). The first kappa shape index (κ1) is 12.9. The first-order valence-corrected chi connectivity index (χ1v) is 9.45. The van der Waals surface area contributed by atoms with Gasteiger partial charge in [-0.05, 0) is 25.0 Å². The molecule has 0 saturated carbocycles. The Labute approximate surface area is 94.3 Å². The second-order valence-corrected chi connectivity index (χ2v) is 11.5. The lowest BCUT2D eigenvalue weighted by Gasteiger charge is -2.23. The van der Waals surface area contributed by atoms with E-state index < -0.39 is 14.2 Å². The summed E-state index contributed by atoms with van der Waals surface area (Å²) in [5, 5.41) is 10.2. The van der Waals surface area contributed by atoms with Gasteiger partial charge in [0, 0.05) is 8.07 Å². The molecule has 0 aromatic heterocycles. The average Bonchev–Trinajstić information content (AvgIpc) is 2.74. The number of ether oxygens (including phenoxy) is 1. The Bertz CT molecular complexity index is 257. The molecule has 0 spiro atoms. The van der Waals surface area contributed by atoms with Gasteiger partial charge in [0.2, 0.25) is 0 Å². The molecule has 0 unspecified atom stereocenters. The van der Waals surface area contributed by atoms with Gasteiger partial charge in [0.25, 0.3) is 0 Å². The Morgan fingerprint density at radius 1 is 1.53 bits per heavy atom. The van der Waals surface area contributed by atoms with Crippen LogP contribution >= 0.6 is 0 Å². The van der Waals surface area contributed by atoms with E-state index in [1.807, 2.05) is 6.92 Å². The van der Waals surface area contributed by atoms with Crippen molar-refractivity contribution in [2.75, 3.05) is 0 Å². The number of hydrogen-bond acceptors (Lipinski definition) is 2. The SMILES string of the molecule is C=C(C[Si](C)(C)C)[C@H](O)[C@]1(C)O[C@H]1CC. The van der Waals surface area contributed by atoms with Crippen molar-refractivity contribution in [3.8, 4) is 0 Å². The van der Waals surface area contributed by atoms with Crippen LogP contribution in [0.4, 0.5) is 0 Å². The summed E-state index contributed by atoms with van der Waals surface area (Å²) in [6.07, 6.45) is 0.688. The molecule has 0 aromatic carbocycles. The zero-order valence-corrected chi connectivity index (χ0v) is 11.6. The van der Waals surface area contributed by atoms with Crippen molar-refractivity contribution in [3.05, 3.63) is 12.2 Å². The van der Waals surface area contributed by atoms with Crippen molar-refractivity contribution in [2.24, 2.45) is 0 Å². The third-order valence-electron chi connectivity index (χ3n) is 3.04. The molecule has 1 aliphatic heterocycles. The molecule has 15 heavy (non-hydrogen) atoms. The van der Waals surface area contributed by atoms with E-state index in [9.17, 15) is 5.11 Å². The van der Waals surface area contributed by atoms with Gasteiger partial charge in [0.1, 0.15) is 11.7 Å². The minimum Gasteiger partial charge on any atom is -0.386 e. The third kappa shape index (κ3) is 2.92. The molecule has 0 bridgehead atoms. The lowest BCUT2D eigenvalue weighted by Crippen LogP contribution is -2.33. The summed E-state index contributed by atoms with van der Waals surface area (Å²) < 4.78 is 5.56. The fourth-order valence-electron chi connectivity index (χ4n) is 2.18. The van der Waals surface area contributed by atoms with E-state index >= 15 is 0 Å². The molecule has 0 aromatic rings. The highest BCUT2D eigenvalue weighted by atomic mass is 28.3. The topological polar surface area (TPSA) is 32.8 Å². The first-order chi connectivity index (χ1) is 6.70. The van der Waals surface area contributed by atoms with Gasteiger partial charge in [-0.1, -0.05) is 33.1 Å². The third-order valence-corrected chi connectivity index (χ3v) is 4.55. The highest BCUT2D eigenvalue weighted by Gasteiger charge is 2.56. The maximum atomic E-state index is 10.2. The fourth-order valence-corrected chi connectivity index (χ4v) is 3.74. The van der Waals surface area contributed by atoms with Crippen LogP contribution in [0, 0.1) is 0 Å². The number of aliphatic hydroxyl groups is 1. The first-order valence-electron chi connectivity index (χ1n) is 5.74. The van der Waals surface area contributed by atoms with Gasteiger partial charge in [-0.2, -0.15) is 0 Å². The Hall–Kier alpha value is -0.123. The van der Waals surface area contributed by atoms with E-state index in [0.29, 0.717) is 0 Å². The molecular weight excluding hydrogens is 204 g/mol. The van der Waals surface area contributed by atoms with Crippen molar-refractivity contribution in [1.82, 2.24) is 0 Å². The molecule has 1 N–H and O–H groups in total. The Balaban J connectivity index is 2.55. The van der Waals surface area contributed by atoms with Crippen molar-refractivity contribution in [2.45, 2.75) is 63.8 Å². The van der Waals surface area contributed by atoms with Crippen LogP contribution in [0.25, 0.3) is 0 Å². The number of aliphatic hydroxyl groups excluding tert-OH is 1. The second kappa shape index (κ2) is 4.04. The van der Waals surface area contributed by atoms with E-state index in [0.717, 1.165) is 18.0 Å². The summed E-state index contributed by atoms with van der Waals surface area (Å²) in [5.41, 5.74) is 0.596. The predicted molar refractivity (Wildman–Crippen MR) is 66.9 cm³/mol. The van der Waals surface area contributed by atoms with Crippen molar-refractivity contribution >= 4 is 8.07 Å². The number of hydrogen-bond donors (Lipinski definition) is 1. The molecule has 0 radical (unpaired) electrons. The summed E-state index contributed by atoms with van der Waals surface area (Å²) in [4.78, 5) is 0. The molecule has 2 nitrogen and oxygen atoms in total. The van der Waals surface area contributed by atoms with Gasteiger partial charge >= 0.3 is 0 Å². The van der Waals surface area contributed by atoms with Crippen LogP contribution in [-0.2, 0) is 4.74 Å². The Morgan fingerprint density at radius 2 is 2.07 bits per heavy atom. The highest BCUT2D eigenvalue weighted by Crippen LogP contribution is 2.44. The van der Waals surface area contributed by atoms with Crippen LogP contribution in [0.5, 0.6) is 0 Å².